The van der Waals surface area contributed by atoms with E-state index in [9.17, 15) is 0 Å². The Morgan fingerprint density at radius 2 is 2.45 bits per heavy atom. The summed E-state index contributed by atoms with van der Waals surface area (Å²) in [5.74, 6) is 0. The van der Waals surface area contributed by atoms with Crippen LogP contribution in [-0.4, -0.2) is 31.6 Å². The summed E-state index contributed by atoms with van der Waals surface area (Å²) < 4.78 is 0. The van der Waals surface area contributed by atoms with Gasteiger partial charge in [-0.1, -0.05) is 6.08 Å². The van der Waals surface area contributed by atoms with E-state index in [0.717, 1.165) is 6.54 Å². The van der Waals surface area contributed by atoms with Crippen molar-refractivity contribution in [3.05, 3.63) is 12.3 Å². The molecule has 0 aromatic carbocycles. The van der Waals surface area contributed by atoms with Crippen molar-refractivity contribution >= 4 is 0 Å². The molecule has 0 saturated carbocycles. The molecule has 62 valence electrons. The molecule has 1 atom stereocenters. The second-order valence-electron chi connectivity index (χ2n) is 3.92. The Labute approximate surface area is 68.3 Å². The molecular weight excluding hydrogens is 136 g/mol. The van der Waals surface area contributed by atoms with Crippen LogP contribution in [0, 0.1) is 5.41 Å². The lowest BCUT2D eigenvalue weighted by molar-refractivity contribution is 0.160. The van der Waals surface area contributed by atoms with Crippen LogP contribution in [0.4, 0.5) is 0 Å². The van der Waals surface area contributed by atoms with Crippen molar-refractivity contribution in [2.45, 2.75) is 12.8 Å². The van der Waals surface area contributed by atoms with E-state index in [1.165, 1.54) is 25.9 Å². The summed E-state index contributed by atoms with van der Waals surface area (Å²) in [7, 11) is 2.22. The SMILES string of the molecule is CN1CCCC2(C=CNC2)C1. The van der Waals surface area contributed by atoms with Crippen LogP contribution in [0.25, 0.3) is 0 Å². The van der Waals surface area contributed by atoms with Crippen molar-refractivity contribution in [2.24, 2.45) is 5.41 Å². The van der Waals surface area contributed by atoms with Gasteiger partial charge in [0, 0.05) is 18.5 Å². The van der Waals surface area contributed by atoms with E-state index in [-0.39, 0.29) is 0 Å². The molecule has 1 N–H and O–H groups in total. The third-order valence-electron chi connectivity index (χ3n) is 2.81. The smallest absolute Gasteiger partial charge is 0.0245 e. The van der Waals surface area contributed by atoms with Crippen molar-refractivity contribution in [1.29, 1.82) is 0 Å². The summed E-state index contributed by atoms with van der Waals surface area (Å²) in [5.41, 5.74) is 0.479. The second kappa shape index (κ2) is 2.52. The van der Waals surface area contributed by atoms with Crippen molar-refractivity contribution < 1.29 is 0 Å². The van der Waals surface area contributed by atoms with Gasteiger partial charge in [-0.05, 0) is 32.6 Å². The van der Waals surface area contributed by atoms with Gasteiger partial charge in [0.2, 0.25) is 0 Å². The third-order valence-corrected chi connectivity index (χ3v) is 2.81. The summed E-state index contributed by atoms with van der Waals surface area (Å²) in [6, 6.07) is 0. The fraction of sp³-hybridized carbons (Fsp3) is 0.778. The first kappa shape index (κ1) is 7.17. The lowest BCUT2D eigenvalue weighted by Crippen LogP contribution is -2.42. The molecule has 0 amide bonds. The standard InChI is InChI=1S/C9H16N2/c1-11-6-2-3-9(8-11)4-5-10-7-9/h4-5,10H,2-3,6-8H2,1H3. The summed E-state index contributed by atoms with van der Waals surface area (Å²) >= 11 is 0. The quantitative estimate of drug-likeness (QED) is 0.552. The van der Waals surface area contributed by atoms with Gasteiger partial charge in [0.05, 0.1) is 0 Å². The minimum Gasteiger partial charge on any atom is -0.390 e. The first-order valence-electron chi connectivity index (χ1n) is 4.40. The molecule has 0 bridgehead atoms. The molecule has 2 nitrogen and oxygen atoms in total. The summed E-state index contributed by atoms with van der Waals surface area (Å²) in [4.78, 5) is 2.43. The molecule has 0 aromatic rings. The van der Waals surface area contributed by atoms with E-state index in [1.807, 2.05) is 0 Å². The number of hydrogen-bond acceptors (Lipinski definition) is 2. The highest BCUT2D eigenvalue weighted by Crippen LogP contribution is 2.32. The monoisotopic (exact) mass is 152 g/mol. The van der Waals surface area contributed by atoms with Gasteiger partial charge in [0.1, 0.15) is 0 Å². The second-order valence-corrected chi connectivity index (χ2v) is 3.92. The number of hydrogen-bond donors (Lipinski definition) is 1. The maximum absolute atomic E-state index is 3.30. The molecule has 1 unspecified atom stereocenters. The van der Waals surface area contributed by atoms with Crippen LogP contribution < -0.4 is 5.32 Å². The zero-order valence-electron chi connectivity index (χ0n) is 7.14. The molecular formula is C9H16N2. The molecule has 0 radical (unpaired) electrons. The van der Waals surface area contributed by atoms with E-state index < -0.39 is 0 Å². The highest BCUT2D eigenvalue weighted by molar-refractivity contribution is 5.09. The van der Waals surface area contributed by atoms with Crippen molar-refractivity contribution in [1.82, 2.24) is 10.2 Å². The Kier molecular flexibility index (Phi) is 1.64. The Morgan fingerprint density at radius 3 is 3.09 bits per heavy atom. The minimum atomic E-state index is 0.479. The van der Waals surface area contributed by atoms with Crippen LogP contribution >= 0.6 is 0 Å². The predicted molar refractivity (Wildman–Crippen MR) is 46.3 cm³/mol. The molecule has 1 saturated heterocycles. The average Bonchev–Trinajstić information content (AvgIpc) is 2.37. The minimum absolute atomic E-state index is 0.479. The average molecular weight is 152 g/mol. The Balaban J connectivity index is 2.06. The van der Waals surface area contributed by atoms with E-state index in [1.54, 1.807) is 0 Å². The number of piperidine rings is 1. The number of nitrogens with one attached hydrogen (secondary N) is 1. The van der Waals surface area contributed by atoms with Crippen LogP contribution in [-0.2, 0) is 0 Å². The molecule has 0 aromatic heterocycles. The molecule has 11 heavy (non-hydrogen) atoms. The zero-order valence-corrected chi connectivity index (χ0v) is 7.14. The zero-order chi connectivity index (χ0) is 7.73. The lowest BCUT2D eigenvalue weighted by atomic mass is 9.81. The first-order chi connectivity index (χ1) is 5.31. The number of nitrogens with zero attached hydrogens (tertiary/aromatic N) is 1. The third kappa shape index (κ3) is 1.27. The lowest BCUT2D eigenvalue weighted by Gasteiger charge is -2.36. The van der Waals surface area contributed by atoms with E-state index in [4.69, 9.17) is 0 Å². The molecule has 2 aliphatic heterocycles. The number of likely N-dealkylation sites (tertiary alicyclic amines) is 1. The van der Waals surface area contributed by atoms with Crippen LogP contribution in [0.1, 0.15) is 12.8 Å². The van der Waals surface area contributed by atoms with Crippen molar-refractivity contribution in [3.63, 3.8) is 0 Å². The Bertz CT molecular complexity index is 176. The van der Waals surface area contributed by atoms with Crippen LogP contribution in [0.15, 0.2) is 12.3 Å². The molecule has 2 aliphatic rings. The van der Waals surface area contributed by atoms with Gasteiger partial charge >= 0.3 is 0 Å². The summed E-state index contributed by atoms with van der Waals surface area (Å²) in [5, 5.41) is 3.30. The highest BCUT2D eigenvalue weighted by Gasteiger charge is 2.33. The molecule has 2 rings (SSSR count). The fourth-order valence-electron chi connectivity index (χ4n) is 2.23. The summed E-state index contributed by atoms with van der Waals surface area (Å²) in [6.45, 7) is 3.66. The Hall–Kier alpha value is -0.500. The fourth-order valence-corrected chi connectivity index (χ4v) is 2.23. The van der Waals surface area contributed by atoms with Crippen molar-refractivity contribution in [2.75, 3.05) is 26.7 Å². The largest absolute Gasteiger partial charge is 0.390 e. The van der Waals surface area contributed by atoms with Crippen LogP contribution in [0.3, 0.4) is 0 Å². The van der Waals surface area contributed by atoms with Gasteiger partial charge in [-0.2, -0.15) is 0 Å². The normalized spacial score (nSPS) is 37.9. The van der Waals surface area contributed by atoms with Gasteiger partial charge in [-0.3, -0.25) is 0 Å². The van der Waals surface area contributed by atoms with Gasteiger partial charge in [-0.25, -0.2) is 0 Å². The molecule has 0 aliphatic carbocycles. The summed E-state index contributed by atoms with van der Waals surface area (Å²) in [6.07, 6.45) is 7.17. The van der Waals surface area contributed by atoms with E-state index in [2.05, 4.69) is 29.5 Å². The maximum atomic E-state index is 3.30. The van der Waals surface area contributed by atoms with Crippen molar-refractivity contribution in [3.8, 4) is 0 Å². The molecule has 1 fully saturated rings. The molecule has 2 heteroatoms. The van der Waals surface area contributed by atoms with Gasteiger partial charge in [0.25, 0.3) is 0 Å². The Morgan fingerprint density at radius 1 is 1.55 bits per heavy atom. The number of rotatable bonds is 0. The van der Waals surface area contributed by atoms with E-state index in [0.29, 0.717) is 5.41 Å². The highest BCUT2D eigenvalue weighted by atomic mass is 15.1. The van der Waals surface area contributed by atoms with Gasteiger partial charge in [-0.15, -0.1) is 0 Å². The molecule has 2 heterocycles. The van der Waals surface area contributed by atoms with Gasteiger partial charge in [0.15, 0.2) is 0 Å². The van der Waals surface area contributed by atoms with Gasteiger partial charge < -0.3 is 10.2 Å². The topological polar surface area (TPSA) is 15.3 Å². The molecule has 1 spiro atoms. The maximum Gasteiger partial charge on any atom is 0.0245 e. The van der Waals surface area contributed by atoms with Crippen LogP contribution in [0.2, 0.25) is 0 Å². The van der Waals surface area contributed by atoms with Crippen LogP contribution in [0.5, 0.6) is 0 Å². The predicted octanol–water partition coefficient (Wildman–Crippen LogP) is 0.815. The van der Waals surface area contributed by atoms with E-state index >= 15 is 0 Å². The first-order valence-corrected chi connectivity index (χ1v) is 4.40.